The van der Waals surface area contributed by atoms with Gasteiger partial charge in [-0.2, -0.15) is 5.10 Å². The van der Waals surface area contributed by atoms with Crippen molar-refractivity contribution in [3.05, 3.63) is 47.3 Å². The van der Waals surface area contributed by atoms with Crippen LogP contribution in [-0.4, -0.2) is 34.8 Å². The van der Waals surface area contributed by atoms with Crippen LogP contribution in [0.15, 0.2) is 30.5 Å². The van der Waals surface area contributed by atoms with Crippen molar-refractivity contribution in [3.8, 4) is 5.69 Å². The molecule has 0 radical (unpaired) electrons. The third-order valence-electron chi connectivity index (χ3n) is 4.60. The summed E-state index contributed by atoms with van der Waals surface area (Å²) in [5.41, 5.74) is 3.46. The van der Waals surface area contributed by atoms with Gasteiger partial charge in [-0.05, 0) is 38.4 Å². The average Bonchev–Trinajstić information content (AvgIpc) is 3.02. The molecular formula is C20H28N4O. The third-order valence-corrected chi connectivity index (χ3v) is 4.60. The molecule has 0 spiro atoms. The van der Waals surface area contributed by atoms with E-state index in [2.05, 4.69) is 50.5 Å². The summed E-state index contributed by atoms with van der Waals surface area (Å²) in [5, 5.41) is 11.2. The van der Waals surface area contributed by atoms with Crippen LogP contribution in [0.4, 0.5) is 0 Å². The number of aryl methyl sites for hydroxylation is 1. The van der Waals surface area contributed by atoms with Gasteiger partial charge in [-0.3, -0.25) is 4.79 Å². The molecule has 1 atom stereocenters. The molecule has 1 unspecified atom stereocenters. The lowest BCUT2D eigenvalue weighted by molar-refractivity contribution is 0.0928. The normalized spacial score (nSPS) is 18.2. The first kappa shape index (κ1) is 17.7. The SMILES string of the molecule is Cc1ccc(-n2cc(C(=O)NC3CCCNC3)c(C(C)(C)C)n2)cc1. The summed E-state index contributed by atoms with van der Waals surface area (Å²) in [6.07, 6.45) is 3.98. The largest absolute Gasteiger partial charge is 0.348 e. The Morgan fingerprint density at radius 2 is 2.00 bits per heavy atom. The molecule has 2 N–H and O–H groups in total. The van der Waals surface area contributed by atoms with Crippen molar-refractivity contribution in [3.63, 3.8) is 0 Å². The zero-order valence-corrected chi connectivity index (χ0v) is 15.6. The van der Waals surface area contributed by atoms with Crippen LogP contribution in [-0.2, 0) is 5.41 Å². The van der Waals surface area contributed by atoms with E-state index in [1.807, 2.05) is 23.0 Å². The Morgan fingerprint density at radius 1 is 1.28 bits per heavy atom. The number of rotatable bonds is 3. The van der Waals surface area contributed by atoms with Crippen molar-refractivity contribution in [2.75, 3.05) is 13.1 Å². The molecule has 2 heterocycles. The van der Waals surface area contributed by atoms with Crippen molar-refractivity contribution in [2.24, 2.45) is 0 Å². The number of benzene rings is 1. The fourth-order valence-corrected chi connectivity index (χ4v) is 3.16. The summed E-state index contributed by atoms with van der Waals surface area (Å²) >= 11 is 0. The topological polar surface area (TPSA) is 59.0 Å². The molecule has 5 nitrogen and oxygen atoms in total. The highest BCUT2D eigenvalue weighted by Crippen LogP contribution is 2.26. The Morgan fingerprint density at radius 3 is 2.60 bits per heavy atom. The number of hydrogen-bond acceptors (Lipinski definition) is 3. The van der Waals surface area contributed by atoms with Gasteiger partial charge >= 0.3 is 0 Å². The van der Waals surface area contributed by atoms with Crippen LogP contribution in [0, 0.1) is 6.92 Å². The highest BCUT2D eigenvalue weighted by Gasteiger charge is 2.28. The van der Waals surface area contributed by atoms with E-state index in [0.717, 1.165) is 37.3 Å². The summed E-state index contributed by atoms with van der Waals surface area (Å²) in [4.78, 5) is 12.9. The third kappa shape index (κ3) is 4.10. The van der Waals surface area contributed by atoms with Gasteiger partial charge in [-0.15, -0.1) is 0 Å². The molecule has 1 fully saturated rings. The van der Waals surface area contributed by atoms with Crippen molar-refractivity contribution in [1.82, 2.24) is 20.4 Å². The summed E-state index contributed by atoms with van der Waals surface area (Å²) in [6.45, 7) is 10.2. The average molecular weight is 340 g/mol. The van der Waals surface area contributed by atoms with Gasteiger partial charge < -0.3 is 10.6 Å². The van der Waals surface area contributed by atoms with Gasteiger partial charge in [0, 0.05) is 24.2 Å². The minimum absolute atomic E-state index is 0.0306. The Labute approximate surface area is 149 Å². The molecule has 2 aromatic rings. The highest BCUT2D eigenvalue weighted by molar-refractivity contribution is 5.95. The summed E-state index contributed by atoms with van der Waals surface area (Å²) in [5.74, 6) is -0.0306. The Kier molecular flexibility index (Phi) is 4.95. The lowest BCUT2D eigenvalue weighted by atomic mass is 9.89. The molecule has 1 aliphatic rings. The van der Waals surface area contributed by atoms with E-state index in [-0.39, 0.29) is 17.4 Å². The quantitative estimate of drug-likeness (QED) is 0.903. The number of piperidine rings is 1. The number of amides is 1. The van der Waals surface area contributed by atoms with Crippen molar-refractivity contribution in [2.45, 2.75) is 52.0 Å². The smallest absolute Gasteiger partial charge is 0.255 e. The summed E-state index contributed by atoms with van der Waals surface area (Å²) in [7, 11) is 0. The van der Waals surface area contributed by atoms with E-state index in [1.54, 1.807) is 0 Å². The van der Waals surface area contributed by atoms with Crippen LogP contribution in [0.5, 0.6) is 0 Å². The predicted octanol–water partition coefficient (Wildman–Crippen LogP) is 2.96. The number of nitrogens with one attached hydrogen (secondary N) is 2. The second-order valence-corrected chi connectivity index (χ2v) is 7.94. The van der Waals surface area contributed by atoms with Crippen LogP contribution >= 0.6 is 0 Å². The van der Waals surface area contributed by atoms with E-state index in [0.29, 0.717) is 5.56 Å². The van der Waals surface area contributed by atoms with Gasteiger partial charge in [0.25, 0.3) is 5.91 Å². The van der Waals surface area contributed by atoms with Gasteiger partial charge in [-0.25, -0.2) is 4.68 Å². The molecule has 0 saturated carbocycles. The van der Waals surface area contributed by atoms with Gasteiger partial charge in [0.15, 0.2) is 0 Å². The maximum absolute atomic E-state index is 12.9. The first-order valence-electron chi connectivity index (χ1n) is 9.03. The Balaban J connectivity index is 1.91. The van der Waals surface area contributed by atoms with E-state index in [9.17, 15) is 4.79 Å². The van der Waals surface area contributed by atoms with Crippen LogP contribution in [0.1, 0.15) is 55.2 Å². The first-order chi connectivity index (χ1) is 11.8. The lowest BCUT2D eigenvalue weighted by Gasteiger charge is -2.24. The zero-order chi connectivity index (χ0) is 18.0. The Bertz CT molecular complexity index is 734. The van der Waals surface area contributed by atoms with Gasteiger partial charge in [-0.1, -0.05) is 38.5 Å². The fourth-order valence-electron chi connectivity index (χ4n) is 3.16. The fraction of sp³-hybridized carbons (Fsp3) is 0.500. The minimum atomic E-state index is -0.201. The van der Waals surface area contributed by atoms with E-state index in [1.165, 1.54) is 5.56 Å². The van der Waals surface area contributed by atoms with E-state index in [4.69, 9.17) is 5.10 Å². The number of carbonyl (C=O) groups is 1. The molecule has 1 aromatic heterocycles. The molecular weight excluding hydrogens is 312 g/mol. The Hall–Kier alpha value is -2.14. The summed E-state index contributed by atoms with van der Waals surface area (Å²) < 4.78 is 1.81. The number of nitrogens with zero attached hydrogens (tertiary/aromatic N) is 2. The van der Waals surface area contributed by atoms with Gasteiger partial charge in [0.2, 0.25) is 0 Å². The molecule has 0 bridgehead atoms. The highest BCUT2D eigenvalue weighted by atomic mass is 16.1. The molecule has 0 aliphatic carbocycles. The van der Waals surface area contributed by atoms with E-state index >= 15 is 0 Å². The zero-order valence-electron chi connectivity index (χ0n) is 15.6. The monoisotopic (exact) mass is 340 g/mol. The maximum Gasteiger partial charge on any atom is 0.255 e. The first-order valence-corrected chi connectivity index (χ1v) is 9.03. The lowest BCUT2D eigenvalue weighted by Crippen LogP contribution is -2.45. The standard InChI is InChI=1S/C20H28N4O/c1-14-7-9-16(10-8-14)24-13-17(18(23-24)20(2,3)4)19(25)22-15-6-5-11-21-12-15/h7-10,13,15,21H,5-6,11-12H2,1-4H3,(H,22,25). The van der Waals surface area contributed by atoms with Crippen molar-refractivity contribution >= 4 is 5.91 Å². The van der Waals surface area contributed by atoms with Crippen LogP contribution in [0.25, 0.3) is 5.69 Å². The molecule has 1 aromatic carbocycles. The molecule has 25 heavy (non-hydrogen) atoms. The molecule has 5 heteroatoms. The number of carbonyl (C=O) groups excluding carboxylic acids is 1. The molecule has 1 saturated heterocycles. The van der Waals surface area contributed by atoms with Crippen LogP contribution in [0.2, 0.25) is 0 Å². The van der Waals surface area contributed by atoms with Gasteiger partial charge in [0.1, 0.15) is 0 Å². The minimum Gasteiger partial charge on any atom is -0.348 e. The molecule has 3 rings (SSSR count). The van der Waals surface area contributed by atoms with Crippen molar-refractivity contribution in [1.29, 1.82) is 0 Å². The maximum atomic E-state index is 12.9. The van der Waals surface area contributed by atoms with Gasteiger partial charge in [0.05, 0.1) is 16.9 Å². The van der Waals surface area contributed by atoms with E-state index < -0.39 is 0 Å². The molecule has 134 valence electrons. The number of hydrogen-bond donors (Lipinski definition) is 2. The molecule has 1 amide bonds. The van der Waals surface area contributed by atoms with Crippen LogP contribution < -0.4 is 10.6 Å². The van der Waals surface area contributed by atoms with Crippen LogP contribution in [0.3, 0.4) is 0 Å². The molecule has 1 aliphatic heterocycles. The van der Waals surface area contributed by atoms with Crippen molar-refractivity contribution < 1.29 is 4.79 Å². The summed E-state index contributed by atoms with van der Waals surface area (Å²) in [6, 6.07) is 8.36. The second-order valence-electron chi connectivity index (χ2n) is 7.94. The second kappa shape index (κ2) is 7.00. The number of aromatic nitrogens is 2. The predicted molar refractivity (Wildman–Crippen MR) is 100 cm³/mol.